The SMILES string of the molecule is CCOC(=O)C[C@@H](B1OC(C)(C)C(C)(C)O1)N(C)C(=O)c1ccccc1. The first-order valence-electron chi connectivity index (χ1n) is 8.92. The van der Waals surface area contributed by atoms with E-state index in [9.17, 15) is 9.59 Å². The molecule has 1 aromatic carbocycles. The molecular formula is C19H28BNO5. The largest absolute Gasteiger partial charge is 0.482 e. The van der Waals surface area contributed by atoms with Gasteiger partial charge in [0.15, 0.2) is 0 Å². The molecule has 1 atom stereocenters. The second-order valence-corrected chi connectivity index (χ2v) is 7.48. The molecule has 0 bridgehead atoms. The molecule has 7 heteroatoms. The standard InChI is InChI=1S/C19H28BNO5/c1-7-24-16(22)13-15(20-25-18(2,3)19(4,5)26-20)21(6)17(23)14-11-9-8-10-12-14/h8-12,15H,7,13H2,1-6H3/t15-/m0/s1. The molecular weight excluding hydrogens is 333 g/mol. The van der Waals surface area contributed by atoms with Crippen LogP contribution in [0.1, 0.15) is 51.4 Å². The lowest BCUT2D eigenvalue weighted by atomic mass is 9.75. The minimum Gasteiger partial charge on any atom is -0.466 e. The molecule has 2 rings (SSSR count). The monoisotopic (exact) mass is 361 g/mol. The fourth-order valence-electron chi connectivity index (χ4n) is 2.79. The smallest absolute Gasteiger partial charge is 0.466 e. The summed E-state index contributed by atoms with van der Waals surface area (Å²) in [6.45, 7) is 9.79. The number of carbonyl (C=O) groups is 2. The van der Waals surface area contributed by atoms with Crippen molar-refractivity contribution in [1.82, 2.24) is 4.90 Å². The van der Waals surface area contributed by atoms with Crippen molar-refractivity contribution in [2.24, 2.45) is 0 Å². The van der Waals surface area contributed by atoms with Crippen molar-refractivity contribution in [3.63, 3.8) is 0 Å². The summed E-state index contributed by atoms with van der Waals surface area (Å²) in [6, 6.07) is 8.93. The number of hydrogen-bond donors (Lipinski definition) is 0. The molecule has 26 heavy (non-hydrogen) atoms. The summed E-state index contributed by atoms with van der Waals surface area (Å²) >= 11 is 0. The molecule has 1 aliphatic rings. The molecule has 1 fully saturated rings. The van der Waals surface area contributed by atoms with Crippen LogP contribution in [0.15, 0.2) is 30.3 Å². The third-order valence-corrected chi connectivity index (χ3v) is 5.11. The van der Waals surface area contributed by atoms with E-state index in [1.807, 2.05) is 33.8 Å². The lowest BCUT2D eigenvalue weighted by molar-refractivity contribution is -0.143. The van der Waals surface area contributed by atoms with Gasteiger partial charge < -0.3 is 18.9 Å². The van der Waals surface area contributed by atoms with E-state index in [0.29, 0.717) is 5.56 Å². The van der Waals surface area contributed by atoms with Gasteiger partial charge in [0.05, 0.1) is 30.2 Å². The summed E-state index contributed by atoms with van der Waals surface area (Å²) in [5.74, 6) is -1.18. The van der Waals surface area contributed by atoms with E-state index >= 15 is 0 Å². The molecule has 0 saturated carbocycles. The summed E-state index contributed by atoms with van der Waals surface area (Å²) in [5.41, 5.74) is -0.567. The van der Waals surface area contributed by atoms with Crippen molar-refractivity contribution in [3.8, 4) is 0 Å². The van der Waals surface area contributed by atoms with Gasteiger partial charge in [0.25, 0.3) is 5.91 Å². The van der Waals surface area contributed by atoms with E-state index in [1.54, 1.807) is 38.2 Å². The van der Waals surface area contributed by atoms with E-state index in [-0.39, 0.29) is 24.9 Å². The van der Waals surface area contributed by atoms with Crippen LogP contribution in [-0.4, -0.2) is 54.7 Å². The predicted octanol–water partition coefficient (Wildman–Crippen LogP) is 2.71. The number of esters is 1. The molecule has 0 spiro atoms. The Balaban J connectivity index is 2.26. The van der Waals surface area contributed by atoms with E-state index in [4.69, 9.17) is 14.0 Å². The molecule has 6 nitrogen and oxygen atoms in total. The van der Waals surface area contributed by atoms with Gasteiger partial charge in [-0.25, -0.2) is 0 Å². The molecule has 1 amide bonds. The molecule has 0 radical (unpaired) electrons. The molecule has 1 aromatic rings. The topological polar surface area (TPSA) is 65.1 Å². The van der Waals surface area contributed by atoms with Gasteiger partial charge in [-0.2, -0.15) is 0 Å². The normalized spacial score (nSPS) is 19.1. The Morgan fingerprint density at radius 1 is 1.12 bits per heavy atom. The van der Waals surface area contributed by atoms with Crippen molar-refractivity contribution >= 4 is 19.0 Å². The average molecular weight is 361 g/mol. The highest BCUT2D eigenvalue weighted by Crippen LogP contribution is 2.38. The van der Waals surface area contributed by atoms with Crippen molar-refractivity contribution in [3.05, 3.63) is 35.9 Å². The van der Waals surface area contributed by atoms with Crippen LogP contribution in [0.5, 0.6) is 0 Å². The lowest BCUT2D eigenvalue weighted by Gasteiger charge is -2.32. The van der Waals surface area contributed by atoms with Crippen molar-refractivity contribution in [2.45, 2.75) is 58.2 Å². The zero-order chi connectivity index (χ0) is 19.5. The van der Waals surface area contributed by atoms with Crippen LogP contribution in [-0.2, 0) is 18.8 Å². The van der Waals surface area contributed by atoms with Gasteiger partial charge in [-0.15, -0.1) is 0 Å². The summed E-state index contributed by atoms with van der Waals surface area (Å²) in [4.78, 5) is 26.5. The predicted molar refractivity (Wildman–Crippen MR) is 99.7 cm³/mol. The molecule has 0 N–H and O–H groups in total. The number of ether oxygens (including phenoxy) is 1. The van der Waals surface area contributed by atoms with Crippen LogP contribution in [0.3, 0.4) is 0 Å². The first-order valence-corrected chi connectivity index (χ1v) is 8.92. The average Bonchev–Trinajstić information content (AvgIpc) is 2.80. The minimum absolute atomic E-state index is 0.000258. The van der Waals surface area contributed by atoms with E-state index in [1.165, 1.54) is 4.90 Å². The second kappa shape index (κ2) is 7.80. The maximum Gasteiger partial charge on any atom is 0.482 e. The minimum atomic E-state index is -0.720. The van der Waals surface area contributed by atoms with E-state index < -0.39 is 24.3 Å². The summed E-state index contributed by atoms with van der Waals surface area (Å²) in [6.07, 6.45) is -0.000258. The molecule has 1 saturated heterocycles. The van der Waals surface area contributed by atoms with Crippen LogP contribution >= 0.6 is 0 Å². The molecule has 0 aliphatic carbocycles. The van der Waals surface area contributed by atoms with Gasteiger partial charge in [0.2, 0.25) is 0 Å². The number of nitrogens with zero attached hydrogens (tertiary/aromatic N) is 1. The number of amides is 1. The van der Waals surface area contributed by atoms with Crippen molar-refractivity contribution in [2.75, 3.05) is 13.7 Å². The first kappa shape index (κ1) is 20.5. The molecule has 1 heterocycles. The van der Waals surface area contributed by atoms with Gasteiger partial charge in [-0.1, -0.05) is 18.2 Å². The number of benzene rings is 1. The van der Waals surface area contributed by atoms with Crippen LogP contribution in [0, 0.1) is 0 Å². The first-order chi connectivity index (χ1) is 12.1. The maximum absolute atomic E-state index is 12.9. The van der Waals surface area contributed by atoms with Crippen LogP contribution in [0.4, 0.5) is 0 Å². The number of rotatable bonds is 6. The Hall–Kier alpha value is -1.86. The maximum atomic E-state index is 12.9. The van der Waals surface area contributed by atoms with Gasteiger partial charge in [-0.05, 0) is 46.8 Å². The summed E-state index contributed by atoms with van der Waals surface area (Å²) < 4.78 is 17.3. The summed E-state index contributed by atoms with van der Waals surface area (Å²) in [7, 11) is 0.937. The Bertz CT molecular complexity index is 631. The fourth-order valence-corrected chi connectivity index (χ4v) is 2.79. The highest BCUT2D eigenvalue weighted by molar-refractivity contribution is 6.48. The zero-order valence-corrected chi connectivity index (χ0v) is 16.4. The van der Waals surface area contributed by atoms with Crippen LogP contribution in [0.2, 0.25) is 0 Å². The second-order valence-electron chi connectivity index (χ2n) is 7.48. The molecule has 1 aliphatic heterocycles. The van der Waals surface area contributed by atoms with Crippen LogP contribution < -0.4 is 0 Å². The molecule has 142 valence electrons. The number of carbonyl (C=O) groups excluding carboxylic acids is 2. The van der Waals surface area contributed by atoms with Crippen molar-refractivity contribution in [1.29, 1.82) is 0 Å². The Kier molecular flexibility index (Phi) is 6.14. The van der Waals surface area contributed by atoms with Crippen molar-refractivity contribution < 1.29 is 23.6 Å². The van der Waals surface area contributed by atoms with E-state index in [2.05, 4.69) is 0 Å². The number of hydrogen-bond acceptors (Lipinski definition) is 5. The lowest BCUT2D eigenvalue weighted by Crippen LogP contribution is -2.50. The molecule has 0 aromatic heterocycles. The zero-order valence-electron chi connectivity index (χ0n) is 16.4. The third kappa shape index (κ3) is 4.27. The van der Waals surface area contributed by atoms with Gasteiger partial charge in [0, 0.05) is 12.6 Å². The van der Waals surface area contributed by atoms with Gasteiger partial charge >= 0.3 is 13.1 Å². The highest BCUT2D eigenvalue weighted by atomic mass is 16.7. The highest BCUT2D eigenvalue weighted by Gasteiger charge is 2.55. The van der Waals surface area contributed by atoms with E-state index in [0.717, 1.165) is 0 Å². The van der Waals surface area contributed by atoms with Gasteiger partial charge in [0.1, 0.15) is 0 Å². The quantitative estimate of drug-likeness (QED) is 0.576. The molecule has 0 unspecified atom stereocenters. The third-order valence-electron chi connectivity index (χ3n) is 5.11. The van der Waals surface area contributed by atoms with Crippen LogP contribution in [0.25, 0.3) is 0 Å². The fraction of sp³-hybridized carbons (Fsp3) is 0.579. The Morgan fingerprint density at radius 3 is 2.15 bits per heavy atom. The van der Waals surface area contributed by atoms with Gasteiger partial charge in [-0.3, -0.25) is 9.59 Å². The summed E-state index contributed by atoms with van der Waals surface area (Å²) in [5, 5.41) is 0. The Labute approximate surface area is 155 Å². The Morgan fingerprint density at radius 2 is 1.65 bits per heavy atom.